The van der Waals surface area contributed by atoms with E-state index in [4.69, 9.17) is 4.74 Å². The highest BCUT2D eigenvalue weighted by atomic mass is 19.1. The number of carbonyl (C=O) groups excluding carboxylic acids is 1. The number of ether oxygens (including phenoxy) is 1. The van der Waals surface area contributed by atoms with Crippen LogP contribution in [0.25, 0.3) is 0 Å². The van der Waals surface area contributed by atoms with E-state index in [9.17, 15) is 14.3 Å². The van der Waals surface area contributed by atoms with Crippen LogP contribution < -0.4 is 4.74 Å². The van der Waals surface area contributed by atoms with Gasteiger partial charge in [0.25, 0.3) is 0 Å². The van der Waals surface area contributed by atoms with E-state index in [2.05, 4.69) is 0 Å². The Morgan fingerprint density at radius 1 is 1.45 bits per heavy atom. The lowest BCUT2D eigenvalue weighted by Crippen LogP contribution is -2.39. The van der Waals surface area contributed by atoms with Gasteiger partial charge in [0.15, 0.2) is 11.6 Å². The van der Waals surface area contributed by atoms with Crippen LogP contribution in [0, 0.1) is 5.82 Å². The Kier molecular flexibility index (Phi) is 5.51. The number of aliphatic hydroxyl groups is 1. The lowest BCUT2D eigenvalue weighted by Gasteiger charge is -2.25. The number of amides is 1. The number of rotatable bonds is 6. The molecule has 0 atom stereocenters. The topological polar surface area (TPSA) is 49.8 Å². The van der Waals surface area contributed by atoms with Crippen LogP contribution in [0.2, 0.25) is 0 Å². The van der Waals surface area contributed by atoms with Crippen LogP contribution in [-0.2, 0) is 11.2 Å². The van der Waals surface area contributed by atoms with Gasteiger partial charge in [-0.3, -0.25) is 4.79 Å². The van der Waals surface area contributed by atoms with Crippen molar-refractivity contribution in [2.45, 2.75) is 32.3 Å². The van der Waals surface area contributed by atoms with Crippen LogP contribution in [0.15, 0.2) is 18.2 Å². The number of carbonyl (C=O) groups is 1. The molecule has 20 heavy (non-hydrogen) atoms. The van der Waals surface area contributed by atoms with E-state index in [1.165, 1.54) is 18.1 Å². The Balaban J connectivity index is 2.54. The molecular formula is C15H22FNO3. The predicted molar refractivity (Wildman–Crippen MR) is 75.2 cm³/mol. The fraction of sp³-hybridized carbons (Fsp3) is 0.533. The Morgan fingerprint density at radius 2 is 2.10 bits per heavy atom. The van der Waals surface area contributed by atoms with E-state index in [-0.39, 0.29) is 24.6 Å². The molecule has 112 valence electrons. The molecule has 5 heteroatoms. The highest BCUT2D eigenvalue weighted by Gasteiger charge is 2.19. The van der Waals surface area contributed by atoms with Crippen molar-refractivity contribution in [2.24, 2.45) is 0 Å². The number of methoxy groups -OCH3 is 1. The van der Waals surface area contributed by atoms with Crippen molar-refractivity contribution in [2.75, 3.05) is 20.7 Å². The molecule has 0 heterocycles. The number of hydrogen-bond acceptors (Lipinski definition) is 3. The van der Waals surface area contributed by atoms with Gasteiger partial charge in [0, 0.05) is 20.0 Å². The van der Waals surface area contributed by atoms with Gasteiger partial charge < -0.3 is 14.7 Å². The molecule has 0 aliphatic rings. The van der Waals surface area contributed by atoms with Crippen molar-refractivity contribution in [1.82, 2.24) is 4.90 Å². The van der Waals surface area contributed by atoms with Gasteiger partial charge in [-0.1, -0.05) is 6.07 Å². The fourth-order valence-corrected chi connectivity index (χ4v) is 1.98. The Hall–Kier alpha value is -1.62. The molecule has 1 amide bonds. The second-order valence-electron chi connectivity index (χ2n) is 5.53. The van der Waals surface area contributed by atoms with Crippen LogP contribution in [-0.4, -0.2) is 42.2 Å². The summed E-state index contributed by atoms with van der Waals surface area (Å²) in [5, 5.41) is 9.66. The monoisotopic (exact) mass is 283 g/mol. The Morgan fingerprint density at radius 3 is 2.60 bits per heavy atom. The van der Waals surface area contributed by atoms with Crippen LogP contribution in [0.1, 0.15) is 25.8 Å². The van der Waals surface area contributed by atoms with Crippen LogP contribution in [0.5, 0.6) is 5.75 Å². The molecule has 0 bridgehead atoms. The first-order chi connectivity index (χ1) is 9.23. The molecule has 0 aromatic heterocycles. The molecule has 0 saturated carbocycles. The summed E-state index contributed by atoms with van der Waals surface area (Å²) in [4.78, 5) is 13.4. The van der Waals surface area contributed by atoms with Gasteiger partial charge in [-0.05, 0) is 38.0 Å². The first-order valence-electron chi connectivity index (χ1n) is 6.51. The number of halogens is 1. The summed E-state index contributed by atoms with van der Waals surface area (Å²) >= 11 is 0. The fourth-order valence-electron chi connectivity index (χ4n) is 1.98. The number of hydrogen-bond donors (Lipinski definition) is 1. The van der Waals surface area contributed by atoms with Crippen LogP contribution >= 0.6 is 0 Å². The molecule has 1 aromatic rings. The van der Waals surface area contributed by atoms with Crippen LogP contribution in [0.3, 0.4) is 0 Å². The highest BCUT2D eigenvalue weighted by Crippen LogP contribution is 2.18. The second-order valence-corrected chi connectivity index (χ2v) is 5.53. The van der Waals surface area contributed by atoms with Crippen LogP contribution in [0.4, 0.5) is 4.39 Å². The zero-order chi connectivity index (χ0) is 15.3. The maximum atomic E-state index is 13.5. The third-order valence-corrected chi connectivity index (χ3v) is 2.89. The van der Waals surface area contributed by atoms with Gasteiger partial charge in [-0.2, -0.15) is 0 Å². The zero-order valence-electron chi connectivity index (χ0n) is 12.4. The Labute approximate surface area is 119 Å². The van der Waals surface area contributed by atoms with E-state index >= 15 is 0 Å². The smallest absolute Gasteiger partial charge is 0.222 e. The van der Waals surface area contributed by atoms with Crippen molar-refractivity contribution in [3.63, 3.8) is 0 Å². The molecule has 1 N–H and O–H groups in total. The SMILES string of the molecule is COc1ccc(CCC(=O)N(C)CC(C)(C)O)cc1F. The van der Waals surface area contributed by atoms with Gasteiger partial charge in [0.2, 0.25) is 5.91 Å². The molecule has 0 unspecified atom stereocenters. The van der Waals surface area contributed by atoms with Crippen molar-refractivity contribution in [3.05, 3.63) is 29.6 Å². The maximum Gasteiger partial charge on any atom is 0.222 e. The minimum absolute atomic E-state index is 0.0802. The van der Waals surface area contributed by atoms with Crippen molar-refractivity contribution in [1.29, 1.82) is 0 Å². The first kappa shape index (κ1) is 16.4. The molecule has 0 spiro atoms. The summed E-state index contributed by atoms with van der Waals surface area (Å²) in [6.45, 7) is 3.56. The quantitative estimate of drug-likeness (QED) is 0.868. The molecular weight excluding hydrogens is 261 g/mol. The lowest BCUT2D eigenvalue weighted by molar-refractivity contribution is -0.132. The number of benzene rings is 1. The molecule has 0 saturated heterocycles. The van der Waals surface area contributed by atoms with Crippen molar-refractivity contribution in [3.8, 4) is 5.75 Å². The normalized spacial score (nSPS) is 11.3. The van der Waals surface area contributed by atoms with Gasteiger partial charge in [-0.15, -0.1) is 0 Å². The number of nitrogens with zero attached hydrogens (tertiary/aromatic N) is 1. The average molecular weight is 283 g/mol. The third-order valence-electron chi connectivity index (χ3n) is 2.89. The standard InChI is InChI=1S/C15H22FNO3/c1-15(2,19)10-17(3)14(18)8-6-11-5-7-13(20-4)12(16)9-11/h5,7,9,19H,6,8,10H2,1-4H3. The number of likely N-dealkylation sites (N-methyl/N-ethyl adjacent to an activating group) is 1. The van der Waals surface area contributed by atoms with E-state index in [0.717, 1.165) is 5.56 Å². The lowest BCUT2D eigenvalue weighted by atomic mass is 10.1. The number of aryl methyl sites for hydroxylation is 1. The summed E-state index contributed by atoms with van der Waals surface area (Å²) in [5.41, 5.74) is -0.176. The van der Waals surface area contributed by atoms with Crippen molar-refractivity contribution >= 4 is 5.91 Å². The minimum Gasteiger partial charge on any atom is -0.494 e. The zero-order valence-corrected chi connectivity index (χ0v) is 12.4. The maximum absolute atomic E-state index is 13.5. The van der Waals surface area contributed by atoms with Gasteiger partial charge in [-0.25, -0.2) is 4.39 Å². The summed E-state index contributed by atoms with van der Waals surface area (Å²) in [6.07, 6.45) is 0.730. The predicted octanol–water partition coefficient (Wildman–Crippen LogP) is 2.00. The van der Waals surface area contributed by atoms with Gasteiger partial charge in [0.05, 0.1) is 12.7 Å². The summed E-state index contributed by atoms with van der Waals surface area (Å²) in [6, 6.07) is 4.67. The van der Waals surface area contributed by atoms with Crippen molar-refractivity contribution < 1.29 is 19.0 Å². The molecule has 0 aliphatic carbocycles. The second kappa shape index (κ2) is 6.70. The largest absolute Gasteiger partial charge is 0.494 e. The van der Waals surface area contributed by atoms with E-state index < -0.39 is 11.4 Å². The molecule has 0 fully saturated rings. The summed E-state index contributed by atoms with van der Waals surface area (Å²) < 4.78 is 18.3. The van der Waals surface area contributed by atoms with E-state index in [1.807, 2.05) is 0 Å². The molecule has 1 rings (SSSR count). The molecule has 0 aliphatic heterocycles. The molecule has 4 nitrogen and oxygen atoms in total. The Bertz CT molecular complexity index is 469. The first-order valence-corrected chi connectivity index (χ1v) is 6.51. The average Bonchev–Trinajstić information content (AvgIpc) is 2.34. The van der Waals surface area contributed by atoms with E-state index in [1.54, 1.807) is 33.0 Å². The summed E-state index contributed by atoms with van der Waals surface area (Å²) in [5.74, 6) is -0.315. The molecule has 1 aromatic carbocycles. The summed E-state index contributed by atoms with van der Waals surface area (Å²) in [7, 11) is 3.06. The van der Waals surface area contributed by atoms with Gasteiger partial charge >= 0.3 is 0 Å². The third kappa shape index (κ3) is 5.17. The minimum atomic E-state index is -0.920. The van der Waals surface area contributed by atoms with E-state index in [0.29, 0.717) is 6.42 Å². The van der Waals surface area contributed by atoms with Gasteiger partial charge in [0.1, 0.15) is 0 Å². The molecule has 0 radical (unpaired) electrons. The highest BCUT2D eigenvalue weighted by molar-refractivity contribution is 5.76.